The quantitative estimate of drug-likeness (QED) is 0.727. The van der Waals surface area contributed by atoms with Crippen molar-refractivity contribution in [1.29, 1.82) is 0 Å². The zero-order valence-corrected chi connectivity index (χ0v) is 8.98. The van der Waals surface area contributed by atoms with Crippen LogP contribution in [0.4, 0.5) is 8.78 Å². The number of benzene rings is 1. The van der Waals surface area contributed by atoms with E-state index in [0.717, 1.165) is 12.1 Å². The van der Waals surface area contributed by atoms with Gasteiger partial charge in [-0.1, -0.05) is 0 Å². The molecule has 0 saturated carbocycles. The average molecular weight is 261 g/mol. The van der Waals surface area contributed by atoms with Crippen LogP contribution in [0, 0.1) is 11.6 Å². The Hall–Kier alpha value is -2.22. The summed E-state index contributed by atoms with van der Waals surface area (Å²) in [4.78, 5) is 25.3. The fourth-order valence-corrected chi connectivity index (χ4v) is 0.943. The topological polar surface area (TPSA) is 84.9 Å². The minimum absolute atomic E-state index is 0.301. The van der Waals surface area contributed by atoms with Gasteiger partial charge in [-0.15, -0.1) is 0 Å². The van der Waals surface area contributed by atoms with Gasteiger partial charge in [0.15, 0.2) is 24.8 Å². The van der Waals surface area contributed by atoms with Gasteiger partial charge in [0.05, 0.1) is 0 Å². The molecule has 1 amide bonds. The summed E-state index contributed by atoms with van der Waals surface area (Å²) in [5, 5.41) is 8.20. The van der Waals surface area contributed by atoms with Gasteiger partial charge in [-0.05, 0) is 12.1 Å². The van der Waals surface area contributed by atoms with E-state index < -0.39 is 36.7 Å². The molecular weight excluding hydrogens is 252 g/mol. The number of hydroxylamine groups is 1. The van der Waals surface area contributed by atoms with E-state index >= 15 is 0 Å². The van der Waals surface area contributed by atoms with E-state index in [4.69, 9.17) is 9.84 Å². The monoisotopic (exact) mass is 261 g/mol. The van der Waals surface area contributed by atoms with Crippen molar-refractivity contribution in [2.75, 3.05) is 13.2 Å². The van der Waals surface area contributed by atoms with Crippen LogP contribution in [-0.4, -0.2) is 30.2 Å². The number of carboxylic acid groups (broad SMARTS) is 1. The number of amides is 1. The summed E-state index contributed by atoms with van der Waals surface area (Å²) in [6.07, 6.45) is 0. The standard InChI is InChI=1S/C10H9F2NO5/c11-6-1-2-8(7(12)3-6)17-4-9(14)13-18-5-10(15)16/h1-3H,4-5H2,(H,13,14)(H,15,16). The van der Waals surface area contributed by atoms with Crippen molar-refractivity contribution in [2.45, 2.75) is 0 Å². The van der Waals surface area contributed by atoms with Crippen LogP contribution in [0.25, 0.3) is 0 Å². The molecule has 0 saturated heterocycles. The van der Waals surface area contributed by atoms with Gasteiger partial charge in [-0.3, -0.25) is 9.63 Å². The molecule has 98 valence electrons. The minimum atomic E-state index is -1.26. The second-order valence-electron chi connectivity index (χ2n) is 3.07. The summed E-state index contributed by atoms with van der Waals surface area (Å²) < 4.78 is 30.3. The summed E-state index contributed by atoms with van der Waals surface area (Å²) >= 11 is 0. The Labute approximate surface area is 100 Å². The molecule has 0 atom stereocenters. The zero-order valence-electron chi connectivity index (χ0n) is 8.98. The molecule has 1 rings (SSSR count). The first-order valence-corrected chi connectivity index (χ1v) is 4.69. The van der Waals surface area contributed by atoms with E-state index in [1.165, 1.54) is 0 Å². The van der Waals surface area contributed by atoms with Crippen LogP contribution >= 0.6 is 0 Å². The van der Waals surface area contributed by atoms with Gasteiger partial charge >= 0.3 is 5.97 Å². The Morgan fingerprint density at radius 3 is 2.61 bits per heavy atom. The van der Waals surface area contributed by atoms with Gasteiger partial charge in [0, 0.05) is 6.07 Å². The third-order valence-electron chi connectivity index (χ3n) is 1.63. The van der Waals surface area contributed by atoms with Crippen LogP contribution in [-0.2, 0) is 14.4 Å². The molecule has 1 aromatic rings. The van der Waals surface area contributed by atoms with Gasteiger partial charge < -0.3 is 9.84 Å². The Morgan fingerprint density at radius 1 is 1.28 bits per heavy atom. The smallest absolute Gasteiger partial charge is 0.332 e. The Bertz CT molecular complexity index is 452. The normalized spacial score (nSPS) is 9.89. The highest BCUT2D eigenvalue weighted by atomic mass is 19.1. The molecule has 8 heteroatoms. The number of carbonyl (C=O) groups excluding carboxylic acids is 1. The van der Waals surface area contributed by atoms with Crippen molar-refractivity contribution in [3.63, 3.8) is 0 Å². The van der Waals surface area contributed by atoms with E-state index in [2.05, 4.69) is 4.84 Å². The van der Waals surface area contributed by atoms with E-state index in [9.17, 15) is 18.4 Å². The molecule has 1 aromatic carbocycles. The molecule has 0 heterocycles. The number of carbonyl (C=O) groups is 2. The zero-order chi connectivity index (χ0) is 13.5. The molecule has 0 spiro atoms. The third-order valence-corrected chi connectivity index (χ3v) is 1.63. The van der Waals surface area contributed by atoms with Crippen LogP contribution in [0.15, 0.2) is 18.2 Å². The molecule has 0 aliphatic rings. The summed E-state index contributed by atoms with van der Waals surface area (Å²) in [7, 11) is 0. The SMILES string of the molecule is O=C(O)CONC(=O)COc1ccc(F)cc1F. The van der Waals surface area contributed by atoms with Crippen LogP contribution < -0.4 is 10.2 Å². The molecule has 0 aliphatic heterocycles. The minimum Gasteiger partial charge on any atom is -0.481 e. The summed E-state index contributed by atoms with van der Waals surface area (Å²) in [6, 6.07) is 2.60. The number of nitrogens with one attached hydrogen (secondary N) is 1. The van der Waals surface area contributed by atoms with Crippen molar-refractivity contribution in [3.8, 4) is 5.75 Å². The number of carboxylic acids is 1. The van der Waals surface area contributed by atoms with E-state index in [0.29, 0.717) is 6.07 Å². The first-order valence-electron chi connectivity index (χ1n) is 4.69. The van der Waals surface area contributed by atoms with Gasteiger partial charge in [0.1, 0.15) is 5.82 Å². The largest absolute Gasteiger partial charge is 0.481 e. The number of rotatable bonds is 6. The lowest BCUT2D eigenvalue weighted by Gasteiger charge is -2.07. The van der Waals surface area contributed by atoms with Crippen molar-refractivity contribution in [3.05, 3.63) is 29.8 Å². The molecule has 0 radical (unpaired) electrons. The third kappa shape index (κ3) is 4.74. The van der Waals surface area contributed by atoms with Crippen LogP contribution in [0.3, 0.4) is 0 Å². The molecule has 6 nitrogen and oxygen atoms in total. The number of halogens is 2. The molecule has 0 aliphatic carbocycles. The van der Waals surface area contributed by atoms with Crippen molar-refractivity contribution in [2.24, 2.45) is 0 Å². The molecular formula is C10H9F2NO5. The Balaban J connectivity index is 2.36. The lowest BCUT2D eigenvalue weighted by atomic mass is 10.3. The maximum absolute atomic E-state index is 13.1. The van der Waals surface area contributed by atoms with Crippen LogP contribution in [0.5, 0.6) is 5.75 Å². The second kappa shape index (κ2) is 6.50. The van der Waals surface area contributed by atoms with E-state index in [-0.39, 0.29) is 5.75 Å². The number of aliphatic carboxylic acids is 1. The van der Waals surface area contributed by atoms with Crippen molar-refractivity contribution < 1.29 is 33.1 Å². The Kier molecular flexibility index (Phi) is 5.00. The van der Waals surface area contributed by atoms with Gasteiger partial charge in [0.2, 0.25) is 0 Å². The molecule has 0 bridgehead atoms. The predicted octanol–water partition coefficient (Wildman–Crippen LogP) is 0.476. The second-order valence-corrected chi connectivity index (χ2v) is 3.07. The fraction of sp³-hybridized carbons (Fsp3) is 0.200. The lowest BCUT2D eigenvalue weighted by Crippen LogP contribution is -2.31. The van der Waals surface area contributed by atoms with Crippen molar-refractivity contribution in [1.82, 2.24) is 5.48 Å². The number of hydrogen-bond acceptors (Lipinski definition) is 4. The van der Waals surface area contributed by atoms with Crippen molar-refractivity contribution >= 4 is 11.9 Å². The first kappa shape index (κ1) is 13.8. The highest BCUT2D eigenvalue weighted by Gasteiger charge is 2.08. The molecule has 2 N–H and O–H groups in total. The van der Waals surface area contributed by atoms with Crippen LogP contribution in [0.2, 0.25) is 0 Å². The summed E-state index contributed by atoms with van der Waals surface area (Å²) in [5.41, 5.74) is 1.77. The first-order chi connectivity index (χ1) is 8.49. The molecule has 0 aromatic heterocycles. The molecule has 0 unspecified atom stereocenters. The average Bonchev–Trinajstić information content (AvgIpc) is 2.27. The molecule has 18 heavy (non-hydrogen) atoms. The fourth-order valence-electron chi connectivity index (χ4n) is 0.943. The van der Waals surface area contributed by atoms with Gasteiger partial charge in [-0.2, -0.15) is 0 Å². The predicted molar refractivity (Wildman–Crippen MR) is 53.6 cm³/mol. The van der Waals surface area contributed by atoms with Gasteiger partial charge in [-0.25, -0.2) is 19.1 Å². The number of hydrogen-bond donors (Lipinski definition) is 2. The van der Waals surface area contributed by atoms with E-state index in [1.54, 1.807) is 5.48 Å². The molecule has 0 fully saturated rings. The lowest BCUT2D eigenvalue weighted by molar-refractivity contribution is -0.149. The maximum Gasteiger partial charge on any atom is 0.332 e. The van der Waals surface area contributed by atoms with Gasteiger partial charge in [0.25, 0.3) is 5.91 Å². The van der Waals surface area contributed by atoms with Crippen LogP contribution in [0.1, 0.15) is 0 Å². The summed E-state index contributed by atoms with van der Waals surface area (Å²) in [6.45, 7) is -1.31. The number of ether oxygens (including phenoxy) is 1. The maximum atomic E-state index is 13.1. The Morgan fingerprint density at radius 2 is 2.00 bits per heavy atom. The van der Waals surface area contributed by atoms with E-state index in [1.807, 2.05) is 0 Å². The summed E-state index contributed by atoms with van der Waals surface area (Å²) in [5.74, 6) is -4.09. The highest BCUT2D eigenvalue weighted by Crippen LogP contribution is 2.17. The highest BCUT2D eigenvalue weighted by molar-refractivity contribution is 5.76.